The summed E-state index contributed by atoms with van der Waals surface area (Å²) >= 11 is 0. The third kappa shape index (κ3) is 3.77. The molecule has 1 aliphatic heterocycles. The van der Waals surface area contributed by atoms with Gasteiger partial charge in [-0.2, -0.15) is 4.98 Å². The zero-order valence-electron chi connectivity index (χ0n) is 13.1. The van der Waals surface area contributed by atoms with E-state index in [0.29, 0.717) is 24.8 Å². The van der Waals surface area contributed by atoms with Crippen LogP contribution in [0, 0.1) is 0 Å². The number of carbonyl (C=O) groups excluding carboxylic acids is 1. The summed E-state index contributed by atoms with van der Waals surface area (Å²) in [6.45, 7) is 3.87. The first-order chi connectivity index (χ1) is 11.3. The Balaban J connectivity index is 1.60. The van der Waals surface area contributed by atoms with E-state index in [1.165, 1.54) is 0 Å². The van der Waals surface area contributed by atoms with E-state index >= 15 is 0 Å². The van der Waals surface area contributed by atoms with Crippen LogP contribution >= 0.6 is 0 Å². The summed E-state index contributed by atoms with van der Waals surface area (Å²) in [7, 11) is 0. The van der Waals surface area contributed by atoms with Crippen molar-refractivity contribution < 1.29 is 9.53 Å². The quantitative estimate of drug-likeness (QED) is 0.917. The topological polar surface area (TPSA) is 67.3 Å². The van der Waals surface area contributed by atoms with Gasteiger partial charge in [0.25, 0.3) is 5.91 Å². The van der Waals surface area contributed by atoms with E-state index in [2.05, 4.69) is 15.3 Å². The number of likely N-dealkylation sites (tertiary alicyclic amines) is 1. The van der Waals surface area contributed by atoms with E-state index in [9.17, 15) is 4.79 Å². The minimum absolute atomic E-state index is 0.0732. The second kappa shape index (κ2) is 7.09. The van der Waals surface area contributed by atoms with Crippen molar-refractivity contribution in [1.82, 2.24) is 14.9 Å². The molecule has 6 nitrogen and oxygen atoms in total. The van der Waals surface area contributed by atoms with Crippen LogP contribution in [0.5, 0.6) is 5.88 Å². The number of nitrogens with zero attached hydrogens (tertiary/aromatic N) is 3. The van der Waals surface area contributed by atoms with Crippen molar-refractivity contribution in [2.24, 2.45) is 0 Å². The third-order valence-electron chi connectivity index (χ3n) is 3.75. The lowest BCUT2D eigenvalue weighted by Gasteiger charge is -2.17. The van der Waals surface area contributed by atoms with Gasteiger partial charge in [-0.3, -0.25) is 9.78 Å². The molecule has 2 aromatic rings. The zero-order chi connectivity index (χ0) is 16.1. The molecule has 120 valence electrons. The molecule has 1 unspecified atom stereocenters. The third-order valence-corrected chi connectivity index (χ3v) is 3.75. The molecule has 3 rings (SSSR count). The van der Waals surface area contributed by atoms with Gasteiger partial charge >= 0.3 is 0 Å². The lowest BCUT2D eigenvalue weighted by atomic mass is 10.2. The van der Waals surface area contributed by atoms with E-state index in [-0.39, 0.29) is 11.9 Å². The van der Waals surface area contributed by atoms with Crippen molar-refractivity contribution in [2.45, 2.75) is 19.4 Å². The number of amides is 1. The van der Waals surface area contributed by atoms with Gasteiger partial charge in [0.05, 0.1) is 19.0 Å². The molecule has 0 radical (unpaired) electrons. The molecule has 1 amide bonds. The summed E-state index contributed by atoms with van der Waals surface area (Å²) in [6, 6.07) is 9.55. The Kier molecular flexibility index (Phi) is 4.71. The highest BCUT2D eigenvalue weighted by atomic mass is 16.5. The van der Waals surface area contributed by atoms with Crippen molar-refractivity contribution in [3.05, 3.63) is 48.3 Å². The van der Waals surface area contributed by atoms with Crippen LogP contribution in [0.2, 0.25) is 0 Å². The van der Waals surface area contributed by atoms with E-state index < -0.39 is 0 Å². The molecular weight excluding hydrogens is 292 g/mol. The van der Waals surface area contributed by atoms with Crippen LogP contribution in [0.25, 0.3) is 0 Å². The van der Waals surface area contributed by atoms with E-state index in [4.69, 9.17) is 4.74 Å². The number of hydrogen-bond acceptors (Lipinski definition) is 5. The number of anilines is 1. The van der Waals surface area contributed by atoms with Gasteiger partial charge in [0, 0.05) is 24.7 Å². The van der Waals surface area contributed by atoms with Crippen LogP contribution in [-0.4, -0.2) is 46.5 Å². The van der Waals surface area contributed by atoms with Gasteiger partial charge in [0.15, 0.2) is 0 Å². The second-order valence-electron chi connectivity index (χ2n) is 5.42. The first-order valence-electron chi connectivity index (χ1n) is 7.82. The standard InChI is InChI=1S/C17H20N4O2/c1-2-23-16-11-18-10-15(20-16)19-14-8-9-21(12-14)17(22)13-6-4-3-5-7-13/h3-7,10-11,14H,2,8-9,12H2,1H3,(H,19,20). The maximum Gasteiger partial charge on any atom is 0.253 e. The summed E-state index contributed by atoms with van der Waals surface area (Å²) in [5.74, 6) is 1.26. The monoisotopic (exact) mass is 312 g/mol. The number of aromatic nitrogens is 2. The summed E-state index contributed by atoms with van der Waals surface area (Å²) in [4.78, 5) is 22.8. The Bertz CT molecular complexity index is 663. The molecule has 2 heterocycles. The number of nitrogens with one attached hydrogen (secondary N) is 1. The smallest absolute Gasteiger partial charge is 0.253 e. The molecular formula is C17H20N4O2. The second-order valence-corrected chi connectivity index (χ2v) is 5.42. The molecule has 0 spiro atoms. The average molecular weight is 312 g/mol. The Hall–Kier alpha value is -2.63. The van der Waals surface area contributed by atoms with Gasteiger partial charge in [0.2, 0.25) is 5.88 Å². The molecule has 1 N–H and O–H groups in total. The molecule has 1 aliphatic rings. The Morgan fingerprint density at radius 1 is 1.35 bits per heavy atom. The maximum atomic E-state index is 12.4. The minimum atomic E-state index is 0.0732. The van der Waals surface area contributed by atoms with E-state index in [1.807, 2.05) is 42.2 Å². The molecule has 1 fully saturated rings. The highest BCUT2D eigenvalue weighted by molar-refractivity contribution is 5.94. The summed E-state index contributed by atoms with van der Waals surface area (Å²) in [5, 5.41) is 3.33. The van der Waals surface area contributed by atoms with Crippen molar-refractivity contribution >= 4 is 11.7 Å². The summed E-state index contributed by atoms with van der Waals surface area (Å²) in [5.41, 5.74) is 0.728. The molecule has 0 bridgehead atoms. The van der Waals surface area contributed by atoms with Crippen molar-refractivity contribution in [1.29, 1.82) is 0 Å². The number of rotatable bonds is 5. The molecule has 0 aliphatic carbocycles. The van der Waals surface area contributed by atoms with Gasteiger partial charge in [-0.1, -0.05) is 18.2 Å². The first kappa shape index (κ1) is 15.3. The summed E-state index contributed by atoms with van der Waals surface area (Å²) in [6.07, 6.45) is 4.15. The van der Waals surface area contributed by atoms with Crippen LogP contribution in [0.1, 0.15) is 23.7 Å². The van der Waals surface area contributed by atoms with Crippen LogP contribution in [0.15, 0.2) is 42.7 Å². The van der Waals surface area contributed by atoms with Crippen LogP contribution in [0.4, 0.5) is 5.82 Å². The molecule has 1 aromatic heterocycles. The fraction of sp³-hybridized carbons (Fsp3) is 0.353. The SMILES string of the molecule is CCOc1cncc(NC2CCN(C(=O)c3ccccc3)C2)n1. The number of hydrogen-bond donors (Lipinski definition) is 1. The Labute approximate surface area is 135 Å². The number of benzene rings is 1. The molecule has 1 atom stereocenters. The number of ether oxygens (including phenoxy) is 1. The van der Waals surface area contributed by atoms with Gasteiger partial charge < -0.3 is 15.0 Å². The Morgan fingerprint density at radius 3 is 2.96 bits per heavy atom. The number of carbonyl (C=O) groups is 1. The van der Waals surface area contributed by atoms with Crippen molar-refractivity contribution in [3.63, 3.8) is 0 Å². The van der Waals surface area contributed by atoms with Gasteiger partial charge in [-0.25, -0.2) is 0 Å². The Morgan fingerprint density at radius 2 is 2.17 bits per heavy atom. The zero-order valence-corrected chi connectivity index (χ0v) is 13.1. The van der Waals surface area contributed by atoms with Crippen LogP contribution < -0.4 is 10.1 Å². The van der Waals surface area contributed by atoms with Gasteiger partial charge in [0.1, 0.15) is 5.82 Å². The van der Waals surface area contributed by atoms with Gasteiger partial charge in [-0.15, -0.1) is 0 Å². The summed E-state index contributed by atoms with van der Waals surface area (Å²) < 4.78 is 5.35. The van der Waals surface area contributed by atoms with E-state index in [0.717, 1.165) is 18.5 Å². The van der Waals surface area contributed by atoms with Crippen LogP contribution in [-0.2, 0) is 0 Å². The molecule has 1 aromatic carbocycles. The first-order valence-corrected chi connectivity index (χ1v) is 7.82. The average Bonchev–Trinajstić information content (AvgIpc) is 3.04. The largest absolute Gasteiger partial charge is 0.477 e. The highest BCUT2D eigenvalue weighted by Crippen LogP contribution is 2.18. The van der Waals surface area contributed by atoms with E-state index in [1.54, 1.807) is 12.4 Å². The molecule has 1 saturated heterocycles. The predicted octanol–water partition coefficient (Wildman–Crippen LogP) is 2.20. The normalized spacial score (nSPS) is 17.1. The lowest BCUT2D eigenvalue weighted by molar-refractivity contribution is 0.0791. The lowest BCUT2D eigenvalue weighted by Crippen LogP contribution is -2.31. The van der Waals surface area contributed by atoms with Crippen molar-refractivity contribution in [3.8, 4) is 5.88 Å². The molecule has 23 heavy (non-hydrogen) atoms. The predicted molar refractivity (Wildman–Crippen MR) is 87.6 cm³/mol. The highest BCUT2D eigenvalue weighted by Gasteiger charge is 2.27. The fourth-order valence-corrected chi connectivity index (χ4v) is 2.67. The molecule has 0 saturated carbocycles. The van der Waals surface area contributed by atoms with Gasteiger partial charge in [-0.05, 0) is 25.5 Å². The van der Waals surface area contributed by atoms with Crippen molar-refractivity contribution in [2.75, 3.05) is 25.0 Å². The van der Waals surface area contributed by atoms with Crippen LogP contribution in [0.3, 0.4) is 0 Å². The maximum absolute atomic E-state index is 12.4. The molecule has 6 heteroatoms. The fourth-order valence-electron chi connectivity index (χ4n) is 2.67. The minimum Gasteiger partial charge on any atom is -0.477 e.